The minimum absolute atomic E-state index is 0.105. The quantitative estimate of drug-likeness (QED) is 0.350. The van der Waals surface area contributed by atoms with Crippen LogP contribution in [0.5, 0.6) is 0 Å². The highest BCUT2D eigenvalue weighted by Gasteiger charge is 2.20. The van der Waals surface area contributed by atoms with E-state index in [0.29, 0.717) is 12.1 Å². The summed E-state index contributed by atoms with van der Waals surface area (Å²) in [6, 6.07) is 20.4. The molecule has 1 aromatic heterocycles. The largest absolute Gasteiger partial charge is 0.411 e. The van der Waals surface area contributed by atoms with Gasteiger partial charge in [-0.2, -0.15) is 0 Å². The van der Waals surface area contributed by atoms with Crippen LogP contribution in [0.2, 0.25) is 0 Å². The summed E-state index contributed by atoms with van der Waals surface area (Å²) in [4.78, 5) is 4.04. The van der Waals surface area contributed by atoms with Crippen molar-refractivity contribution in [1.29, 1.82) is 0 Å². The fourth-order valence-corrected chi connectivity index (χ4v) is 3.30. The van der Waals surface area contributed by atoms with Crippen molar-refractivity contribution in [3.05, 3.63) is 99.8 Å². The molecule has 0 amide bonds. The van der Waals surface area contributed by atoms with Crippen molar-refractivity contribution in [1.82, 2.24) is 4.98 Å². The molecule has 3 nitrogen and oxygen atoms in total. The molecule has 126 valence electrons. The molecule has 0 saturated heterocycles. The molecule has 1 N–H and O–H groups in total. The van der Waals surface area contributed by atoms with Crippen LogP contribution in [0.3, 0.4) is 0 Å². The van der Waals surface area contributed by atoms with Crippen LogP contribution < -0.4 is 0 Å². The molecule has 2 aromatic carbocycles. The SMILES string of the molecule is Cc1ccccc1C(CC(=NO)c1ccncc1)c1ccc(Br)cc1. The van der Waals surface area contributed by atoms with Gasteiger partial charge in [-0.25, -0.2) is 0 Å². The fourth-order valence-electron chi connectivity index (χ4n) is 3.03. The molecule has 0 spiro atoms. The lowest BCUT2D eigenvalue weighted by molar-refractivity contribution is 0.317. The summed E-state index contributed by atoms with van der Waals surface area (Å²) >= 11 is 3.50. The molecule has 0 bridgehead atoms. The number of oxime groups is 1. The van der Waals surface area contributed by atoms with Crippen molar-refractivity contribution in [2.24, 2.45) is 5.16 Å². The van der Waals surface area contributed by atoms with E-state index in [-0.39, 0.29) is 5.92 Å². The lowest BCUT2D eigenvalue weighted by Crippen LogP contribution is -2.11. The molecule has 0 aliphatic carbocycles. The number of rotatable bonds is 5. The maximum Gasteiger partial charge on any atom is 0.0878 e. The third kappa shape index (κ3) is 4.15. The van der Waals surface area contributed by atoms with Gasteiger partial charge >= 0.3 is 0 Å². The molecule has 0 saturated carbocycles. The summed E-state index contributed by atoms with van der Waals surface area (Å²) in [6.45, 7) is 2.11. The van der Waals surface area contributed by atoms with Gasteiger partial charge in [-0.05, 0) is 47.9 Å². The first-order valence-electron chi connectivity index (χ1n) is 8.11. The van der Waals surface area contributed by atoms with E-state index in [1.165, 1.54) is 16.7 Å². The maximum absolute atomic E-state index is 9.60. The third-order valence-corrected chi connectivity index (χ3v) is 4.90. The van der Waals surface area contributed by atoms with E-state index in [2.05, 4.69) is 63.3 Å². The number of pyridine rings is 1. The Kier molecular flexibility index (Phi) is 5.61. The zero-order valence-electron chi connectivity index (χ0n) is 13.9. The summed E-state index contributed by atoms with van der Waals surface area (Å²) in [7, 11) is 0. The molecule has 1 atom stereocenters. The average Bonchev–Trinajstić information content (AvgIpc) is 2.65. The van der Waals surface area contributed by atoms with Crippen LogP contribution in [0.15, 0.2) is 82.7 Å². The molecule has 1 heterocycles. The van der Waals surface area contributed by atoms with Gasteiger partial charge in [0.2, 0.25) is 0 Å². The molecule has 0 aliphatic heterocycles. The van der Waals surface area contributed by atoms with Gasteiger partial charge in [0.25, 0.3) is 0 Å². The van der Waals surface area contributed by atoms with E-state index in [1.807, 2.05) is 30.3 Å². The van der Waals surface area contributed by atoms with Crippen LogP contribution in [0.1, 0.15) is 34.6 Å². The first kappa shape index (κ1) is 17.4. The predicted molar refractivity (Wildman–Crippen MR) is 104 cm³/mol. The summed E-state index contributed by atoms with van der Waals surface area (Å²) < 4.78 is 1.05. The van der Waals surface area contributed by atoms with Gasteiger partial charge in [0.1, 0.15) is 0 Å². The van der Waals surface area contributed by atoms with Gasteiger partial charge < -0.3 is 5.21 Å². The molecule has 3 aromatic rings. The smallest absolute Gasteiger partial charge is 0.0878 e. The summed E-state index contributed by atoms with van der Waals surface area (Å²) in [5.41, 5.74) is 5.18. The number of aryl methyl sites for hydroxylation is 1. The zero-order chi connectivity index (χ0) is 17.6. The van der Waals surface area contributed by atoms with E-state index in [9.17, 15) is 5.21 Å². The van der Waals surface area contributed by atoms with Crippen LogP contribution in [0.25, 0.3) is 0 Å². The zero-order valence-corrected chi connectivity index (χ0v) is 15.5. The number of nitrogens with zero attached hydrogens (tertiary/aromatic N) is 2. The molecular weight excluding hydrogens is 376 g/mol. The van der Waals surface area contributed by atoms with Crippen LogP contribution in [-0.2, 0) is 0 Å². The Hall–Kier alpha value is -2.46. The van der Waals surface area contributed by atoms with E-state index in [1.54, 1.807) is 12.4 Å². The molecular formula is C21H19BrN2O. The maximum atomic E-state index is 9.60. The highest BCUT2D eigenvalue weighted by molar-refractivity contribution is 9.10. The summed E-state index contributed by atoms with van der Waals surface area (Å²) in [5.74, 6) is 0.105. The number of hydrogen-bond acceptors (Lipinski definition) is 3. The molecule has 4 heteroatoms. The molecule has 0 fully saturated rings. The molecule has 0 aliphatic rings. The van der Waals surface area contributed by atoms with E-state index < -0.39 is 0 Å². The molecule has 3 rings (SSSR count). The standard InChI is InChI=1S/C21H19BrN2O/c1-15-4-2-3-5-19(15)20(16-6-8-18(22)9-7-16)14-21(24-25)17-10-12-23-13-11-17/h2-13,20,25H,14H2,1H3. The van der Waals surface area contributed by atoms with Crippen molar-refractivity contribution in [3.63, 3.8) is 0 Å². The van der Waals surface area contributed by atoms with E-state index >= 15 is 0 Å². The van der Waals surface area contributed by atoms with Crippen LogP contribution >= 0.6 is 15.9 Å². The van der Waals surface area contributed by atoms with Crippen molar-refractivity contribution in [2.45, 2.75) is 19.3 Å². The average molecular weight is 395 g/mol. The fraction of sp³-hybridized carbons (Fsp3) is 0.143. The minimum Gasteiger partial charge on any atom is -0.411 e. The second-order valence-electron chi connectivity index (χ2n) is 5.95. The normalized spacial score (nSPS) is 12.8. The molecule has 1 unspecified atom stereocenters. The first-order chi connectivity index (χ1) is 12.2. The predicted octanol–water partition coefficient (Wildman–Crippen LogP) is 5.55. The lowest BCUT2D eigenvalue weighted by Gasteiger charge is -2.21. The van der Waals surface area contributed by atoms with Crippen molar-refractivity contribution in [3.8, 4) is 0 Å². The van der Waals surface area contributed by atoms with Crippen molar-refractivity contribution < 1.29 is 5.21 Å². The highest BCUT2D eigenvalue weighted by atomic mass is 79.9. The Morgan fingerprint density at radius 2 is 1.72 bits per heavy atom. The van der Waals surface area contributed by atoms with Gasteiger partial charge in [0, 0.05) is 34.8 Å². The van der Waals surface area contributed by atoms with Crippen LogP contribution in [0, 0.1) is 6.92 Å². The Balaban J connectivity index is 2.02. The Morgan fingerprint density at radius 3 is 2.36 bits per heavy atom. The topological polar surface area (TPSA) is 45.5 Å². The van der Waals surface area contributed by atoms with Gasteiger partial charge in [0.05, 0.1) is 5.71 Å². The number of benzene rings is 2. The van der Waals surface area contributed by atoms with E-state index in [0.717, 1.165) is 10.0 Å². The third-order valence-electron chi connectivity index (χ3n) is 4.37. The van der Waals surface area contributed by atoms with Gasteiger partial charge in [-0.15, -0.1) is 0 Å². The Bertz CT molecular complexity index is 861. The molecule has 0 radical (unpaired) electrons. The Morgan fingerprint density at radius 1 is 1.04 bits per heavy atom. The monoisotopic (exact) mass is 394 g/mol. The van der Waals surface area contributed by atoms with Gasteiger partial charge in [0.15, 0.2) is 0 Å². The van der Waals surface area contributed by atoms with Crippen molar-refractivity contribution >= 4 is 21.6 Å². The van der Waals surface area contributed by atoms with Crippen molar-refractivity contribution in [2.75, 3.05) is 0 Å². The number of halogens is 1. The van der Waals surface area contributed by atoms with Crippen LogP contribution in [0.4, 0.5) is 0 Å². The van der Waals surface area contributed by atoms with Gasteiger partial charge in [-0.1, -0.05) is 57.5 Å². The molecule has 25 heavy (non-hydrogen) atoms. The van der Waals surface area contributed by atoms with Crippen LogP contribution in [-0.4, -0.2) is 15.9 Å². The summed E-state index contributed by atoms with van der Waals surface area (Å²) in [5, 5.41) is 13.2. The number of hydrogen-bond donors (Lipinski definition) is 1. The lowest BCUT2D eigenvalue weighted by atomic mass is 9.83. The summed E-state index contributed by atoms with van der Waals surface area (Å²) in [6.07, 6.45) is 4.03. The first-order valence-corrected chi connectivity index (χ1v) is 8.90. The number of aromatic nitrogens is 1. The van der Waals surface area contributed by atoms with Gasteiger partial charge in [-0.3, -0.25) is 4.98 Å². The van der Waals surface area contributed by atoms with E-state index in [4.69, 9.17) is 0 Å². The highest BCUT2D eigenvalue weighted by Crippen LogP contribution is 2.32. The second-order valence-corrected chi connectivity index (χ2v) is 6.86. The Labute approximate surface area is 156 Å². The second kappa shape index (κ2) is 8.08. The minimum atomic E-state index is 0.105.